The predicted octanol–water partition coefficient (Wildman–Crippen LogP) is 6.35. The number of halogens is 1. The van der Waals surface area contributed by atoms with Gasteiger partial charge in [0.2, 0.25) is 17.7 Å². The largest absolute Gasteiger partial charge is 0.378 e. The number of amides is 3. The van der Waals surface area contributed by atoms with Gasteiger partial charge in [-0.15, -0.1) is 0 Å². The maximum atomic E-state index is 12.6. The van der Waals surface area contributed by atoms with Crippen LogP contribution in [0.2, 0.25) is 5.02 Å². The molecule has 3 amide bonds. The van der Waals surface area contributed by atoms with Crippen molar-refractivity contribution in [1.29, 1.82) is 0 Å². The fraction of sp³-hybridized carbons (Fsp3) is 0.500. The molecule has 0 bridgehead atoms. The van der Waals surface area contributed by atoms with Crippen molar-refractivity contribution in [2.75, 3.05) is 63.3 Å². The van der Waals surface area contributed by atoms with Gasteiger partial charge >= 0.3 is 0 Å². The van der Waals surface area contributed by atoms with Crippen molar-refractivity contribution < 1.29 is 23.9 Å². The van der Waals surface area contributed by atoms with E-state index in [0.29, 0.717) is 48.9 Å². The molecule has 4 aromatic rings. The van der Waals surface area contributed by atoms with Crippen molar-refractivity contribution in [2.45, 2.75) is 76.4 Å². The molecule has 12 nitrogen and oxygen atoms in total. The van der Waals surface area contributed by atoms with E-state index in [1.807, 2.05) is 24.4 Å². The van der Waals surface area contributed by atoms with Crippen molar-refractivity contribution in [3.63, 3.8) is 0 Å². The zero-order chi connectivity index (χ0) is 38.3. The van der Waals surface area contributed by atoms with Crippen LogP contribution in [0, 0.1) is 12.8 Å². The Bertz CT molecular complexity index is 2100. The summed E-state index contributed by atoms with van der Waals surface area (Å²) >= 11 is 6.56. The van der Waals surface area contributed by atoms with E-state index in [-0.39, 0.29) is 17.7 Å². The van der Waals surface area contributed by atoms with Gasteiger partial charge in [0.25, 0.3) is 0 Å². The van der Waals surface area contributed by atoms with Crippen LogP contribution in [0.25, 0.3) is 22.2 Å². The van der Waals surface area contributed by atoms with Crippen LogP contribution in [0.1, 0.15) is 80.7 Å². The van der Waals surface area contributed by atoms with E-state index >= 15 is 0 Å². The zero-order valence-corrected chi connectivity index (χ0v) is 32.7. The molecule has 8 rings (SSSR count). The molecule has 0 aliphatic carbocycles. The molecule has 0 radical (unpaired) electrons. The molecule has 290 valence electrons. The van der Waals surface area contributed by atoms with Gasteiger partial charge in [-0.3, -0.25) is 19.7 Å². The topological polar surface area (TPSA) is 131 Å². The van der Waals surface area contributed by atoms with E-state index in [1.165, 1.54) is 6.92 Å². The highest BCUT2D eigenvalue weighted by Crippen LogP contribution is 2.40. The number of carbonyl (C=O) groups excluding carboxylic acids is 3. The van der Waals surface area contributed by atoms with E-state index in [4.69, 9.17) is 26.1 Å². The van der Waals surface area contributed by atoms with E-state index in [9.17, 15) is 14.4 Å². The van der Waals surface area contributed by atoms with Crippen molar-refractivity contribution in [2.24, 2.45) is 5.92 Å². The Labute approximate surface area is 326 Å². The Balaban J connectivity index is 0.943. The number of aryl methyl sites for hydroxylation is 1. The van der Waals surface area contributed by atoms with Gasteiger partial charge in [0.05, 0.1) is 35.6 Å². The van der Waals surface area contributed by atoms with Gasteiger partial charge < -0.3 is 29.2 Å². The standard InChI is InChI=1S/C42H50ClN7O5/c1-26-18-36(46-38(19-26)42(54-3)12-17-55-25-42)34-24-50(37-22-44-39(21-33(34)37)45-27(2)51)29-10-13-48(14-11-29)23-28-8-15-49(16-9-28)30-4-6-35(43)32(20-30)31-5-7-40(52)47-41(31)53/h4,6,18-22,24,28-29,31H,5,7-17,23,25H2,1-3H3,(H,44,45,51)(H,47,52,53)/t31?,42-/m0/s1. The van der Waals surface area contributed by atoms with Gasteiger partial charge in [0, 0.05) is 100 Å². The zero-order valence-electron chi connectivity index (χ0n) is 31.9. The number of anilines is 2. The Morgan fingerprint density at radius 3 is 2.58 bits per heavy atom. The van der Waals surface area contributed by atoms with Gasteiger partial charge in [-0.05, 0) is 92.5 Å². The molecule has 0 saturated carbocycles. The van der Waals surface area contributed by atoms with Crippen LogP contribution in [0.5, 0.6) is 0 Å². The van der Waals surface area contributed by atoms with Crippen LogP contribution in [0.3, 0.4) is 0 Å². The number of pyridine rings is 2. The van der Waals surface area contributed by atoms with Gasteiger partial charge in [0.1, 0.15) is 11.4 Å². The van der Waals surface area contributed by atoms with Gasteiger partial charge in [0.15, 0.2) is 0 Å². The monoisotopic (exact) mass is 767 g/mol. The highest BCUT2D eigenvalue weighted by atomic mass is 35.5. The number of fused-ring (bicyclic) bond motifs is 1. The minimum Gasteiger partial charge on any atom is -0.378 e. The van der Waals surface area contributed by atoms with Crippen LogP contribution >= 0.6 is 11.6 Å². The molecular formula is C42H50ClN7O5. The lowest BCUT2D eigenvalue weighted by Gasteiger charge is -2.39. The van der Waals surface area contributed by atoms with Crippen LogP contribution in [-0.2, 0) is 29.5 Å². The summed E-state index contributed by atoms with van der Waals surface area (Å²) < 4.78 is 14.2. The summed E-state index contributed by atoms with van der Waals surface area (Å²) in [4.78, 5) is 51.1. The summed E-state index contributed by atoms with van der Waals surface area (Å²) in [5.41, 5.74) is 6.22. The number of nitrogens with zero attached hydrogens (tertiary/aromatic N) is 5. The molecule has 4 aliphatic heterocycles. The number of benzene rings is 1. The molecule has 4 fully saturated rings. The number of hydrogen-bond donors (Lipinski definition) is 2. The van der Waals surface area contributed by atoms with E-state index in [1.54, 1.807) is 7.11 Å². The Morgan fingerprint density at radius 2 is 1.87 bits per heavy atom. The number of carbonyl (C=O) groups is 3. The number of likely N-dealkylation sites (tertiary alicyclic amines) is 1. The first-order valence-electron chi connectivity index (χ1n) is 19.6. The molecule has 7 heterocycles. The fourth-order valence-electron chi connectivity index (χ4n) is 9.06. The highest BCUT2D eigenvalue weighted by molar-refractivity contribution is 6.31. The number of hydrogen-bond acceptors (Lipinski definition) is 9. The molecule has 2 N–H and O–H groups in total. The lowest BCUT2D eigenvalue weighted by Crippen LogP contribution is -2.42. The summed E-state index contributed by atoms with van der Waals surface area (Å²) in [5.74, 6) is 0.108. The van der Waals surface area contributed by atoms with E-state index in [2.05, 4.69) is 61.3 Å². The molecule has 1 unspecified atom stereocenters. The summed E-state index contributed by atoms with van der Waals surface area (Å²) in [7, 11) is 1.73. The molecule has 1 aromatic carbocycles. The summed E-state index contributed by atoms with van der Waals surface area (Å²) in [5, 5.41) is 6.92. The number of methoxy groups -OCH3 is 1. The molecule has 4 saturated heterocycles. The number of piperidine rings is 3. The number of aromatic nitrogens is 3. The minimum absolute atomic E-state index is 0.158. The lowest BCUT2D eigenvalue weighted by atomic mass is 9.89. The summed E-state index contributed by atoms with van der Waals surface area (Å²) in [6, 6.07) is 12.5. The lowest BCUT2D eigenvalue weighted by molar-refractivity contribution is -0.134. The van der Waals surface area contributed by atoms with Crippen molar-refractivity contribution in [1.82, 2.24) is 24.8 Å². The van der Waals surface area contributed by atoms with Crippen molar-refractivity contribution in [3.8, 4) is 11.3 Å². The van der Waals surface area contributed by atoms with Crippen LogP contribution < -0.4 is 15.5 Å². The molecule has 0 spiro atoms. The van der Waals surface area contributed by atoms with Gasteiger partial charge in [-0.2, -0.15) is 0 Å². The molecule has 3 aromatic heterocycles. The first-order chi connectivity index (χ1) is 26.6. The third-order valence-electron chi connectivity index (χ3n) is 12.2. The molecule has 13 heteroatoms. The minimum atomic E-state index is -0.567. The first-order valence-corrected chi connectivity index (χ1v) is 20.0. The number of nitrogens with one attached hydrogen (secondary N) is 2. The number of ether oxygens (including phenoxy) is 2. The van der Waals surface area contributed by atoms with Crippen LogP contribution in [0.15, 0.2) is 48.8 Å². The number of imide groups is 1. The first kappa shape index (κ1) is 37.6. The summed E-state index contributed by atoms with van der Waals surface area (Å²) in [6.45, 7) is 9.74. The van der Waals surface area contributed by atoms with Gasteiger partial charge in [-0.25, -0.2) is 9.97 Å². The molecule has 55 heavy (non-hydrogen) atoms. The van der Waals surface area contributed by atoms with E-state index in [0.717, 1.165) is 109 Å². The average molecular weight is 768 g/mol. The SMILES string of the molecule is CO[C@@]1(c2cc(C)cc(-c3cn(C4CCN(CC5CCN(c6ccc(Cl)c(C7CCC(=O)NC7=O)c6)CC5)CC4)c4cnc(NC(C)=O)cc34)n2)CCOC1. The maximum absolute atomic E-state index is 12.6. The molecule has 4 aliphatic rings. The van der Waals surface area contributed by atoms with Gasteiger partial charge in [-0.1, -0.05) is 11.6 Å². The number of rotatable bonds is 9. The second-order valence-electron chi connectivity index (χ2n) is 15.8. The average Bonchev–Trinajstić information content (AvgIpc) is 3.82. The predicted molar refractivity (Wildman–Crippen MR) is 212 cm³/mol. The van der Waals surface area contributed by atoms with Crippen molar-refractivity contribution >= 4 is 51.7 Å². The summed E-state index contributed by atoms with van der Waals surface area (Å²) in [6.07, 6.45) is 9.96. The Hall–Kier alpha value is -4.36. The smallest absolute Gasteiger partial charge is 0.234 e. The maximum Gasteiger partial charge on any atom is 0.234 e. The van der Waals surface area contributed by atoms with Crippen LogP contribution in [-0.4, -0.2) is 90.2 Å². The molecule has 2 atom stereocenters. The normalized spacial score (nSPS) is 23.1. The van der Waals surface area contributed by atoms with E-state index < -0.39 is 11.5 Å². The third kappa shape index (κ3) is 7.74. The second kappa shape index (κ2) is 15.6. The highest BCUT2D eigenvalue weighted by Gasteiger charge is 2.39. The van der Waals surface area contributed by atoms with Crippen molar-refractivity contribution in [3.05, 3.63) is 70.6 Å². The second-order valence-corrected chi connectivity index (χ2v) is 16.2. The quantitative estimate of drug-likeness (QED) is 0.187. The Morgan fingerprint density at radius 1 is 1.07 bits per heavy atom. The third-order valence-corrected chi connectivity index (χ3v) is 12.5. The van der Waals surface area contributed by atoms with Crippen LogP contribution in [0.4, 0.5) is 11.5 Å². The Kier molecular flexibility index (Phi) is 10.7. The fourth-order valence-corrected chi connectivity index (χ4v) is 9.31. The molecular weight excluding hydrogens is 718 g/mol.